The SMILES string of the molecule is C[C@@H](NC(=O)COc1ccccc1)C(=O)NCCNc1cccc(F)c1C#N. The Bertz CT molecular complexity index is 852. The van der Waals surface area contributed by atoms with Crippen LogP contribution in [-0.4, -0.2) is 37.6 Å². The number of benzene rings is 2. The van der Waals surface area contributed by atoms with Gasteiger partial charge in [-0.2, -0.15) is 5.26 Å². The number of hydrogen-bond donors (Lipinski definition) is 3. The fraction of sp³-hybridized carbons (Fsp3) is 0.250. The van der Waals surface area contributed by atoms with Crippen LogP contribution in [0.4, 0.5) is 10.1 Å². The molecule has 0 spiro atoms. The molecule has 2 amide bonds. The fourth-order valence-corrected chi connectivity index (χ4v) is 2.34. The van der Waals surface area contributed by atoms with E-state index >= 15 is 0 Å². The molecule has 0 aliphatic carbocycles. The summed E-state index contributed by atoms with van der Waals surface area (Å²) in [7, 11) is 0. The van der Waals surface area contributed by atoms with Crippen molar-refractivity contribution in [3.05, 3.63) is 59.9 Å². The highest BCUT2D eigenvalue weighted by Crippen LogP contribution is 2.17. The molecule has 7 nitrogen and oxygen atoms in total. The van der Waals surface area contributed by atoms with Crippen molar-refractivity contribution in [2.45, 2.75) is 13.0 Å². The van der Waals surface area contributed by atoms with Crippen LogP contribution >= 0.6 is 0 Å². The van der Waals surface area contributed by atoms with Gasteiger partial charge >= 0.3 is 0 Å². The van der Waals surface area contributed by atoms with E-state index in [4.69, 9.17) is 10.00 Å². The first-order valence-corrected chi connectivity index (χ1v) is 8.68. The van der Waals surface area contributed by atoms with Crippen LogP contribution in [0.1, 0.15) is 12.5 Å². The highest BCUT2D eigenvalue weighted by molar-refractivity contribution is 5.87. The number of hydrogen-bond acceptors (Lipinski definition) is 5. The molecule has 2 rings (SSSR count). The van der Waals surface area contributed by atoms with Crippen molar-refractivity contribution in [2.75, 3.05) is 25.0 Å². The molecule has 0 saturated carbocycles. The first-order chi connectivity index (χ1) is 13.5. The first-order valence-electron chi connectivity index (χ1n) is 8.68. The maximum Gasteiger partial charge on any atom is 0.258 e. The number of amides is 2. The van der Waals surface area contributed by atoms with Crippen LogP contribution in [0, 0.1) is 17.1 Å². The molecule has 8 heteroatoms. The molecule has 146 valence electrons. The Morgan fingerprint density at radius 2 is 1.89 bits per heavy atom. The zero-order chi connectivity index (χ0) is 20.4. The van der Waals surface area contributed by atoms with Gasteiger partial charge in [0.1, 0.15) is 29.2 Å². The summed E-state index contributed by atoms with van der Waals surface area (Å²) in [5.74, 6) is -0.821. The van der Waals surface area contributed by atoms with Crippen LogP contribution < -0.4 is 20.7 Å². The Balaban J connectivity index is 1.69. The first kappa shape index (κ1) is 20.7. The predicted octanol–water partition coefficient (Wildman–Crippen LogP) is 1.81. The minimum absolute atomic E-state index is 0.0760. The van der Waals surface area contributed by atoms with Crippen LogP contribution in [0.15, 0.2) is 48.5 Å². The number of nitrogens with one attached hydrogen (secondary N) is 3. The average Bonchev–Trinajstić information content (AvgIpc) is 2.70. The van der Waals surface area contributed by atoms with Crippen molar-refractivity contribution < 1.29 is 18.7 Å². The van der Waals surface area contributed by atoms with Gasteiger partial charge in [-0.3, -0.25) is 9.59 Å². The van der Waals surface area contributed by atoms with E-state index in [9.17, 15) is 14.0 Å². The van der Waals surface area contributed by atoms with E-state index in [-0.39, 0.29) is 24.6 Å². The van der Waals surface area contributed by atoms with E-state index in [0.717, 1.165) is 0 Å². The molecule has 0 fully saturated rings. The Labute approximate surface area is 162 Å². The second kappa shape index (κ2) is 10.5. The summed E-state index contributed by atoms with van der Waals surface area (Å²) in [4.78, 5) is 23.9. The zero-order valence-corrected chi connectivity index (χ0v) is 15.4. The predicted molar refractivity (Wildman–Crippen MR) is 102 cm³/mol. The molecule has 0 bridgehead atoms. The summed E-state index contributed by atoms with van der Waals surface area (Å²) in [5, 5.41) is 17.1. The number of nitrogens with zero attached hydrogens (tertiary/aromatic N) is 1. The van der Waals surface area contributed by atoms with Gasteiger partial charge in [0.2, 0.25) is 5.91 Å². The second-order valence-electron chi connectivity index (χ2n) is 5.88. The van der Waals surface area contributed by atoms with Crippen molar-refractivity contribution in [3.8, 4) is 11.8 Å². The summed E-state index contributed by atoms with van der Waals surface area (Å²) < 4.78 is 18.8. The highest BCUT2D eigenvalue weighted by atomic mass is 19.1. The molecule has 0 aliphatic heterocycles. The van der Waals surface area contributed by atoms with Crippen molar-refractivity contribution in [2.24, 2.45) is 0 Å². The molecule has 0 heterocycles. The highest BCUT2D eigenvalue weighted by Gasteiger charge is 2.15. The molecule has 0 aromatic heterocycles. The van der Waals surface area contributed by atoms with Gasteiger partial charge in [0, 0.05) is 13.1 Å². The number of carbonyl (C=O) groups is 2. The van der Waals surface area contributed by atoms with Gasteiger partial charge in [-0.15, -0.1) is 0 Å². The van der Waals surface area contributed by atoms with Crippen molar-refractivity contribution >= 4 is 17.5 Å². The van der Waals surface area contributed by atoms with Gasteiger partial charge < -0.3 is 20.7 Å². The lowest BCUT2D eigenvalue weighted by Gasteiger charge is -2.15. The number of ether oxygens (including phenoxy) is 1. The summed E-state index contributed by atoms with van der Waals surface area (Å²) in [6.45, 7) is 1.89. The van der Waals surface area contributed by atoms with Crippen LogP contribution in [-0.2, 0) is 9.59 Å². The van der Waals surface area contributed by atoms with E-state index in [1.165, 1.54) is 12.1 Å². The number of anilines is 1. The third-order valence-corrected chi connectivity index (χ3v) is 3.75. The van der Waals surface area contributed by atoms with E-state index < -0.39 is 17.8 Å². The van der Waals surface area contributed by atoms with E-state index in [1.807, 2.05) is 6.07 Å². The lowest BCUT2D eigenvalue weighted by molar-refractivity contribution is -0.129. The summed E-state index contributed by atoms with van der Waals surface area (Å²) in [5.41, 5.74) is 0.282. The number of nitriles is 1. The molecule has 1 atom stereocenters. The maximum atomic E-state index is 13.5. The monoisotopic (exact) mass is 384 g/mol. The van der Waals surface area contributed by atoms with Crippen LogP contribution in [0.3, 0.4) is 0 Å². The van der Waals surface area contributed by atoms with E-state index in [0.29, 0.717) is 18.0 Å². The lowest BCUT2D eigenvalue weighted by atomic mass is 10.2. The molecule has 0 aliphatic rings. The fourth-order valence-electron chi connectivity index (χ4n) is 2.34. The minimum Gasteiger partial charge on any atom is -0.484 e. The topological polar surface area (TPSA) is 103 Å². The molecular weight excluding hydrogens is 363 g/mol. The second-order valence-corrected chi connectivity index (χ2v) is 5.88. The molecule has 3 N–H and O–H groups in total. The number of carbonyl (C=O) groups excluding carboxylic acids is 2. The largest absolute Gasteiger partial charge is 0.484 e. The third kappa shape index (κ3) is 6.29. The number of halogens is 1. The molecule has 0 unspecified atom stereocenters. The van der Waals surface area contributed by atoms with Crippen molar-refractivity contribution in [1.29, 1.82) is 5.26 Å². The molecule has 2 aromatic rings. The van der Waals surface area contributed by atoms with E-state index in [1.54, 1.807) is 43.3 Å². The van der Waals surface area contributed by atoms with Crippen LogP contribution in [0.25, 0.3) is 0 Å². The number of rotatable bonds is 9. The Morgan fingerprint density at radius 3 is 2.61 bits per heavy atom. The van der Waals surface area contributed by atoms with Crippen molar-refractivity contribution in [3.63, 3.8) is 0 Å². The molecule has 0 saturated heterocycles. The lowest BCUT2D eigenvalue weighted by Crippen LogP contribution is -2.47. The van der Waals surface area contributed by atoms with Gasteiger partial charge in [0.25, 0.3) is 5.91 Å². The molecular formula is C20H21FN4O3. The van der Waals surface area contributed by atoms with Crippen molar-refractivity contribution in [1.82, 2.24) is 10.6 Å². The van der Waals surface area contributed by atoms with Gasteiger partial charge in [-0.25, -0.2) is 4.39 Å². The molecule has 2 aromatic carbocycles. The average molecular weight is 384 g/mol. The summed E-state index contributed by atoms with van der Waals surface area (Å²) in [6, 6.07) is 14.2. The van der Waals surface area contributed by atoms with Gasteiger partial charge in [0.15, 0.2) is 6.61 Å². The van der Waals surface area contributed by atoms with Gasteiger partial charge in [0.05, 0.1) is 5.69 Å². The van der Waals surface area contributed by atoms with Gasteiger partial charge in [-0.05, 0) is 31.2 Å². The van der Waals surface area contributed by atoms with E-state index in [2.05, 4.69) is 16.0 Å². The Kier molecular flexibility index (Phi) is 7.78. The quantitative estimate of drug-likeness (QED) is 0.572. The van der Waals surface area contributed by atoms with Crippen LogP contribution in [0.2, 0.25) is 0 Å². The minimum atomic E-state index is -0.740. The standard InChI is InChI=1S/C20H21FN4O3/c1-14(25-19(26)13-28-15-6-3-2-4-7-15)20(27)24-11-10-23-18-9-5-8-17(21)16(18)12-22/h2-9,14,23H,10-11,13H2,1H3,(H,24,27)(H,25,26)/t14-/m1/s1. The summed E-state index contributed by atoms with van der Waals surface area (Å²) in [6.07, 6.45) is 0. The summed E-state index contributed by atoms with van der Waals surface area (Å²) >= 11 is 0. The van der Waals surface area contributed by atoms with Gasteiger partial charge in [-0.1, -0.05) is 24.3 Å². The normalized spacial score (nSPS) is 11.0. The zero-order valence-electron chi connectivity index (χ0n) is 15.4. The Hall–Kier alpha value is -3.60. The maximum absolute atomic E-state index is 13.5. The molecule has 28 heavy (non-hydrogen) atoms. The molecule has 0 radical (unpaired) electrons. The number of para-hydroxylation sites is 1. The van der Waals surface area contributed by atoms with Crippen LogP contribution in [0.5, 0.6) is 5.75 Å². The Morgan fingerprint density at radius 1 is 1.14 bits per heavy atom. The smallest absolute Gasteiger partial charge is 0.258 e. The third-order valence-electron chi connectivity index (χ3n) is 3.75.